The molecule has 38 valence electrons. The zero-order valence-corrected chi connectivity index (χ0v) is 8.04. The van der Waals surface area contributed by atoms with E-state index in [0.29, 0.717) is 0 Å². The van der Waals surface area contributed by atoms with E-state index in [-0.39, 0.29) is 32.7 Å². The summed E-state index contributed by atoms with van der Waals surface area (Å²) < 4.78 is 0. The Balaban J connectivity index is 0.000000490. The van der Waals surface area contributed by atoms with Gasteiger partial charge in [0.25, 0.3) is 0 Å². The Morgan fingerprint density at radius 2 is 2.12 bits per heavy atom. The number of rotatable bonds is 0. The van der Waals surface area contributed by atoms with Crippen LogP contribution in [-0.4, -0.2) is 0 Å². The Labute approximate surface area is 75.9 Å². The number of allylic oxidation sites excluding steroid dienone is 3. The Morgan fingerprint density at radius 3 is 2.25 bits per heavy atom. The van der Waals surface area contributed by atoms with Gasteiger partial charge in [-0.1, -0.05) is 13.3 Å². The van der Waals surface area contributed by atoms with E-state index in [0.717, 1.165) is 12.0 Å². The predicted molar refractivity (Wildman–Crippen MR) is 30.8 cm³/mol. The molecule has 1 heteroatoms. The molecule has 0 saturated carbocycles. The van der Waals surface area contributed by atoms with E-state index in [1.807, 2.05) is 0 Å². The average Bonchev–Trinajstić information content (AvgIpc) is 1.87. The molecule has 0 spiro atoms. The van der Waals surface area contributed by atoms with Crippen molar-refractivity contribution in [1.29, 1.82) is 0 Å². The second-order valence-corrected chi connectivity index (χ2v) is 2.01. The van der Waals surface area contributed by atoms with E-state index in [2.05, 4.69) is 19.6 Å². The molecule has 1 aliphatic carbocycles. The molecular formula is C7H9Y+2. The van der Waals surface area contributed by atoms with Gasteiger partial charge in [0.15, 0.2) is 0 Å². The molecule has 0 aliphatic heterocycles. The fraction of sp³-hybridized carbons (Fsp3) is 0.429. The predicted octanol–water partition coefficient (Wildman–Crippen LogP) is 2.08. The first-order chi connectivity index (χ1) is 3.29. The maximum Gasteiger partial charge on any atom is 3.00 e. The van der Waals surface area contributed by atoms with Crippen LogP contribution in [0.4, 0.5) is 0 Å². The van der Waals surface area contributed by atoms with E-state index < -0.39 is 0 Å². The minimum absolute atomic E-state index is 0. The van der Waals surface area contributed by atoms with Crippen LogP contribution in [0.2, 0.25) is 0 Å². The van der Waals surface area contributed by atoms with Gasteiger partial charge >= 0.3 is 32.7 Å². The Bertz CT molecular complexity index is 122. The summed E-state index contributed by atoms with van der Waals surface area (Å²) >= 11 is 0. The molecule has 1 aliphatic rings. The monoisotopic (exact) mass is 182 g/mol. The summed E-state index contributed by atoms with van der Waals surface area (Å²) in [5.74, 6) is 0. The van der Waals surface area contributed by atoms with Crippen molar-refractivity contribution in [3.8, 4) is 0 Å². The van der Waals surface area contributed by atoms with Crippen molar-refractivity contribution in [3.63, 3.8) is 0 Å². The molecule has 0 amide bonds. The summed E-state index contributed by atoms with van der Waals surface area (Å²) in [6.07, 6.45) is 5.45. The molecule has 0 aromatic carbocycles. The van der Waals surface area contributed by atoms with Gasteiger partial charge in [0.05, 0.1) is 0 Å². The number of hydrogen-bond acceptors (Lipinski definition) is 0. The third-order valence-electron chi connectivity index (χ3n) is 1.19. The summed E-state index contributed by atoms with van der Waals surface area (Å²) in [6, 6.07) is 0. The van der Waals surface area contributed by atoms with E-state index in [4.69, 9.17) is 0 Å². The Morgan fingerprint density at radius 1 is 1.50 bits per heavy atom. The van der Waals surface area contributed by atoms with E-state index in [1.165, 1.54) is 12.0 Å². The summed E-state index contributed by atoms with van der Waals surface area (Å²) in [5, 5.41) is 0. The summed E-state index contributed by atoms with van der Waals surface area (Å²) in [5.41, 5.74) is 2.52. The normalized spacial score (nSPS) is 17.6. The first kappa shape index (κ1) is 8.58. The van der Waals surface area contributed by atoms with Crippen LogP contribution in [0, 0.1) is 6.08 Å². The molecule has 0 aromatic rings. The summed E-state index contributed by atoms with van der Waals surface area (Å²) in [4.78, 5) is 0. The second kappa shape index (κ2) is 3.58. The van der Waals surface area contributed by atoms with Crippen LogP contribution in [0.25, 0.3) is 0 Å². The molecule has 0 heterocycles. The molecule has 0 atom stereocenters. The van der Waals surface area contributed by atoms with E-state index >= 15 is 0 Å². The van der Waals surface area contributed by atoms with Crippen LogP contribution >= 0.6 is 0 Å². The molecule has 8 heavy (non-hydrogen) atoms. The van der Waals surface area contributed by atoms with Gasteiger partial charge in [0.1, 0.15) is 0 Å². The number of hydrogen-bond donors (Lipinski definition) is 0. The van der Waals surface area contributed by atoms with E-state index in [1.54, 1.807) is 0 Å². The van der Waals surface area contributed by atoms with Crippen molar-refractivity contribution in [3.05, 3.63) is 23.8 Å². The van der Waals surface area contributed by atoms with Gasteiger partial charge < -0.3 is 0 Å². The molecular weight excluding hydrogens is 173 g/mol. The van der Waals surface area contributed by atoms with Gasteiger partial charge in [0, 0.05) is 0 Å². The average molecular weight is 182 g/mol. The Kier molecular flexibility index (Phi) is 3.84. The SMILES string of the molecule is C=C1[C-]=C(C)CC1.[Y+3]. The second-order valence-electron chi connectivity index (χ2n) is 2.01. The van der Waals surface area contributed by atoms with Gasteiger partial charge in [-0.15, -0.1) is 0 Å². The summed E-state index contributed by atoms with van der Waals surface area (Å²) in [6.45, 7) is 5.87. The van der Waals surface area contributed by atoms with Crippen molar-refractivity contribution in [2.75, 3.05) is 0 Å². The third kappa shape index (κ3) is 2.23. The van der Waals surface area contributed by atoms with Gasteiger partial charge in [-0.25, -0.2) is 18.2 Å². The molecule has 1 rings (SSSR count). The molecule has 0 unspecified atom stereocenters. The van der Waals surface area contributed by atoms with Crippen LogP contribution in [0.3, 0.4) is 0 Å². The van der Waals surface area contributed by atoms with Crippen molar-refractivity contribution < 1.29 is 32.7 Å². The molecule has 0 radical (unpaired) electrons. The molecule has 0 N–H and O–H groups in total. The van der Waals surface area contributed by atoms with Crippen LogP contribution in [-0.2, 0) is 32.7 Å². The fourth-order valence-electron chi connectivity index (χ4n) is 0.765. The molecule has 0 bridgehead atoms. The standard InChI is InChI=1S/C7H9.Y/c1-6-3-4-7(2)5-6;/h1,3-4H2,2H3;/q-1;+3. The maximum atomic E-state index is 3.77. The van der Waals surface area contributed by atoms with Crippen LogP contribution in [0.1, 0.15) is 19.8 Å². The minimum atomic E-state index is 0. The van der Waals surface area contributed by atoms with Crippen molar-refractivity contribution >= 4 is 0 Å². The maximum absolute atomic E-state index is 3.77. The molecule has 0 saturated heterocycles. The van der Waals surface area contributed by atoms with Gasteiger partial charge in [0.2, 0.25) is 0 Å². The largest absolute Gasteiger partial charge is 3.00 e. The zero-order chi connectivity index (χ0) is 5.28. The van der Waals surface area contributed by atoms with Gasteiger partial charge in [-0.05, 0) is 6.42 Å². The Hall–Kier alpha value is 0.584. The quantitative estimate of drug-likeness (QED) is 0.503. The zero-order valence-electron chi connectivity index (χ0n) is 5.20. The van der Waals surface area contributed by atoms with Crippen LogP contribution in [0.5, 0.6) is 0 Å². The van der Waals surface area contributed by atoms with Crippen molar-refractivity contribution in [2.24, 2.45) is 0 Å². The topological polar surface area (TPSA) is 0 Å². The molecule has 0 nitrogen and oxygen atoms in total. The van der Waals surface area contributed by atoms with Crippen LogP contribution in [0.15, 0.2) is 17.7 Å². The molecule has 0 aromatic heterocycles. The third-order valence-corrected chi connectivity index (χ3v) is 1.19. The van der Waals surface area contributed by atoms with Gasteiger partial charge in [-0.2, -0.15) is 5.57 Å². The smallest absolute Gasteiger partial charge is 0.249 e. The van der Waals surface area contributed by atoms with E-state index in [9.17, 15) is 0 Å². The fourth-order valence-corrected chi connectivity index (χ4v) is 0.765. The van der Waals surface area contributed by atoms with Crippen molar-refractivity contribution in [2.45, 2.75) is 19.8 Å². The van der Waals surface area contributed by atoms with Crippen molar-refractivity contribution in [1.82, 2.24) is 0 Å². The minimum Gasteiger partial charge on any atom is -0.249 e. The first-order valence-electron chi connectivity index (χ1n) is 2.56. The first-order valence-corrected chi connectivity index (χ1v) is 2.56. The van der Waals surface area contributed by atoms with Crippen LogP contribution < -0.4 is 0 Å². The summed E-state index contributed by atoms with van der Waals surface area (Å²) in [7, 11) is 0. The van der Waals surface area contributed by atoms with Gasteiger partial charge in [-0.3, -0.25) is 0 Å². The molecule has 0 fully saturated rings.